The highest BCUT2D eigenvalue weighted by molar-refractivity contribution is 14.0. The van der Waals surface area contributed by atoms with Crippen LogP contribution in [0.15, 0.2) is 28.6 Å². The van der Waals surface area contributed by atoms with Crippen LogP contribution in [0.5, 0.6) is 0 Å². The first-order valence-corrected chi connectivity index (χ1v) is 8.53. The Morgan fingerprint density at radius 2 is 2.12 bits per heavy atom. The van der Waals surface area contributed by atoms with Crippen LogP contribution in [0, 0.1) is 19.7 Å². The van der Waals surface area contributed by atoms with E-state index < -0.39 is 0 Å². The third-order valence-electron chi connectivity index (χ3n) is 3.40. The number of thiazole rings is 1. The lowest BCUT2D eigenvalue weighted by Crippen LogP contribution is -2.38. The Bertz CT molecular complexity index is 687. The third kappa shape index (κ3) is 6.01. The van der Waals surface area contributed by atoms with Crippen LogP contribution in [0.4, 0.5) is 4.39 Å². The molecule has 1 heterocycles. The van der Waals surface area contributed by atoms with E-state index >= 15 is 0 Å². The van der Waals surface area contributed by atoms with Crippen molar-refractivity contribution in [3.05, 3.63) is 51.2 Å². The van der Waals surface area contributed by atoms with E-state index in [9.17, 15) is 4.39 Å². The fraction of sp³-hybridized carbons (Fsp3) is 0.412. The molecule has 0 unspecified atom stereocenters. The highest BCUT2D eigenvalue weighted by Crippen LogP contribution is 2.12. The van der Waals surface area contributed by atoms with Gasteiger partial charge in [0.25, 0.3) is 0 Å². The second-order valence-corrected chi connectivity index (χ2v) is 6.53. The number of aliphatic imine (C=N–C) groups is 1. The van der Waals surface area contributed by atoms with Crippen molar-refractivity contribution in [2.45, 2.75) is 33.9 Å². The average Bonchev–Trinajstić information content (AvgIpc) is 2.92. The van der Waals surface area contributed by atoms with Crippen molar-refractivity contribution in [1.82, 2.24) is 15.2 Å². The van der Waals surface area contributed by atoms with Gasteiger partial charge in [0.1, 0.15) is 5.82 Å². The van der Waals surface area contributed by atoms with Gasteiger partial charge in [0.15, 0.2) is 5.96 Å². The molecular weight excluding hydrogens is 438 g/mol. The lowest BCUT2D eigenvalue weighted by molar-refractivity contribution is 0.471. The molecule has 0 atom stereocenters. The Labute approximate surface area is 164 Å². The van der Waals surface area contributed by atoms with E-state index in [4.69, 9.17) is 0 Å². The maximum Gasteiger partial charge on any atom is 0.194 e. The Kier molecular flexibility index (Phi) is 8.61. The van der Waals surface area contributed by atoms with Crippen molar-refractivity contribution < 1.29 is 4.39 Å². The van der Waals surface area contributed by atoms with Crippen LogP contribution in [-0.4, -0.2) is 29.4 Å². The minimum absolute atomic E-state index is 0. The molecule has 7 heteroatoms. The van der Waals surface area contributed by atoms with Gasteiger partial charge in [-0.25, -0.2) is 14.4 Å². The van der Waals surface area contributed by atoms with Crippen molar-refractivity contribution in [2.75, 3.05) is 13.6 Å². The van der Waals surface area contributed by atoms with Gasteiger partial charge in [0.2, 0.25) is 0 Å². The smallest absolute Gasteiger partial charge is 0.194 e. The first kappa shape index (κ1) is 20.8. The number of hydrogen-bond acceptors (Lipinski definition) is 3. The largest absolute Gasteiger partial charge is 0.357 e. The number of guanidine groups is 1. The van der Waals surface area contributed by atoms with Gasteiger partial charge in [-0.3, -0.25) is 0 Å². The summed E-state index contributed by atoms with van der Waals surface area (Å²) in [7, 11) is 1.99. The number of nitrogens with zero attached hydrogens (tertiary/aromatic N) is 3. The molecule has 0 bridgehead atoms. The molecule has 0 saturated carbocycles. The molecule has 0 amide bonds. The number of hydrogen-bond donors (Lipinski definition) is 1. The molecule has 0 aliphatic carbocycles. The molecule has 0 aliphatic rings. The van der Waals surface area contributed by atoms with Crippen LogP contribution in [0.25, 0.3) is 0 Å². The SMILES string of the molecule is CCNC(=NCc1ccc(F)c(C)c1)N(C)Cc1csc(C)n1.I. The Balaban J connectivity index is 0.00000288. The zero-order valence-electron chi connectivity index (χ0n) is 14.5. The zero-order valence-corrected chi connectivity index (χ0v) is 17.6. The van der Waals surface area contributed by atoms with E-state index in [1.165, 1.54) is 6.07 Å². The van der Waals surface area contributed by atoms with Crippen LogP contribution in [-0.2, 0) is 13.1 Å². The summed E-state index contributed by atoms with van der Waals surface area (Å²) in [4.78, 5) is 11.2. The van der Waals surface area contributed by atoms with Crippen molar-refractivity contribution >= 4 is 41.3 Å². The maximum absolute atomic E-state index is 13.3. The summed E-state index contributed by atoms with van der Waals surface area (Å²) in [5, 5.41) is 6.42. The molecule has 0 radical (unpaired) electrons. The highest BCUT2D eigenvalue weighted by Gasteiger charge is 2.08. The quantitative estimate of drug-likeness (QED) is 0.413. The molecule has 24 heavy (non-hydrogen) atoms. The van der Waals surface area contributed by atoms with Crippen LogP contribution in [0.2, 0.25) is 0 Å². The van der Waals surface area contributed by atoms with E-state index in [1.54, 1.807) is 24.3 Å². The number of rotatable bonds is 5. The van der Waals surface area contributed by atoms with E-state index in [-0.39, 0.29) is 29.8 Å². The Morgan fingerprint density at radius 1 is 1.38 bits per heavy atom. The fourth-order valence-corrected chi connectivity index (χ4v) is 2.84. The monoisotopic (exact) mass is 462 g/mol. The predicted octanol–water partition coefficient (Wildman–Crippen LogP) is 4.11. The fourth-order valence-electron chi connectivity index (χ4n) is 2.24. The lowest BCUT2D eigenvalue weighted by atomic mass is 10.1. The maximum atomic E-state index is 13.3. The summed E-state index contributed by atoms with van der Waals surface area (Å²) in [5.41, 5.74) is 2.68. The first-order valence-electron chi connectivity index (χ1n) is 7.65. The first-order chi connectivity index (χ1) is 11.0. The van der Waals surface area contributed by atoms with E-state index in [0.29, 0.717) is 18.7 Å². The molecule has 0 spiro atoms. The molecular formula is C17H24FIN4S. The second-order valence-electron chi connectivity index (χ2n) is 5.47. The molecule has 132 valence electrons. The molecule has 0 saturated heterocycles. The van der Waals surface area contributed by atoms with Gasteiger partial charge in [0, 0.05) is 19.0 Å². The summed E-state index contributed by atoms with van der Waals surface area (Å²) in [6.07, 6.45) is 0. The van der Waals surface area contributed by atoms with Gasteiger partial charge in [-0.1, -0.05) is 12.1 Å². The summed E-state index contributed by atoms with van der Waals surface area (Å²) in [6, 6.07) is 5.11. The van der Waals surface area contributed by atoms with E-state index in [0.717, 1.165) is 28.8 Å². The third-order valence-corrected chi connectivity index (χ3v) is 4.22. The van der Waals surface area contributed by atoms with Crippen LogP contribution < -0.4 is 5.32 Å². The Morgan fingerprint density at radius 3 is 2.71 bits per heavy atom. The van der Waals surface area contributed by atoms with Crippen molar-refractivity contribution in [3.8, 4) is 0 Å². The second kappa shape index (κ2) is 9.93. The van der Waals surface area contributed by atoms with Gasteiger partial charge in [-0.2, -0.15) is 0 Å². The minimum atomic E-state index is -0.180. The van der Waals surface area contributed by atoms with Crippen LogP contribution in [0.1, 0.15) is 28.8 Å². The molecule has 4 nitrogen and oxygen atoms in total. The number of aromatic nitrogens is 1. The van der Waals surface area contributed by atoms with Crippen molar-refractivity contribution in [1.29, 1.82) is 0 Å². The summed E-state index contributed by atoms with van der Waals surface area (Å²) in [6.45, 7) is 7.83. The van der Waals surface area contributed by atoms with Gasteiger partial charge >= 0.3 is 0 Å². The zero-order chi connectivity index (χ0) is 16.8. The van der Waals surface area contributed by atoms with Crippen molar-refractivity contribution in [2.24, 2.45) is 4.99 Å². The molecule has 1 aromatic carbocycles. The number of halogens is 2. The number of aryl methyl sites for hydroxylation is 2. The van der Waals surface area contributed by atoms with Gasteiger partial charge in [-0.15, -0.1) is 35.3 Å². The average molecular weight is 462 g/mol. The standard InChI is InChI=1S/C17H23FN4S.HI/c1-5-19-17(22(4)10-15-11-23-13(3)21-15)20-9-14-6-7-16(18)12(2)8-14;/h6-8,11H,5,9-10H2,1-4H3,(H,19,20);1H. The highest BCUT2D eigenvalue weighted by atomic mass is 127. The topological polar surface area (TPSA) is 40.5 Å². The van der Waals surface area contributed by atoms with E-state index in [1.807, 2.05) is 31.9 Å². The van der Waals surface area contributed by atoms with Gasteiger partial charge < -0.3 is 10.2 Å². The molecule has 2 rings (SSSR count). The van der Waals surface area contributed by atoms with Crippen LogP contribution >= 0.6 is 35.3 Å². The number of benzene rings is 1. The minimum Gasteiger partial charge on any atom is -0.357 e. The van der Waals surface area contributed by atoms with Gasteiger partial charge in [0.05, 0.1) is 23.8 Å². The molecule has 1 N–H and O–H groups in total. The molecule has 0 aliphatic heterocycles. The van der Waals surface area contributed by atoms with E-state index in [2.05, 4.69) is 20.7 Å². The van der Waals surface area contributed by atoms with Crippen LogP contribution in [0.3, 0.4) is 0 Å². The molecule has 2 aromatic rings. The predicted molar refractivity (Wildman–Crippen MR) is 110 cm³/mol. The molecule has 1 aromatic heterocycles. The lowest BCUT2D eigenvalue weighted by Gasteiger charge is -2.21. The molecule has 0 fully saturated rings. The summed E-state index contributed by atoms with van der Waals surface area (Å²) < 4.78 is 13.3. The summed E-state index contributed by atoms with van der Waals surface area (Å²) >= 11 is 1.65. The Hall–Kier alpha value is -1.22. The normalized spacial score (nSPS) is 11.1. The van der Waals surface area contributed by atoms with Gasteiger partial charge in [-0.05, 0) is 38.0 Å². The van der Waals surface area contributed by atoms with Crippen molar-refractivity contribution in [3.63, 3.8) is 0 Å². The summed E-state index contributed by atoms with van der Waals surface area (Å²) in [5.74, 6) is 0.640. The number of nitrogens with one attached hydrogen (secondary N) is 1.